The SMILES string of the molecule is COCCOC(=O)C1=C(C)N(C)C(=O)C12C(C(=O)OC)=C(N)Oc1ccccc12. The average Bonchev–Trinajstić information content (AvgIpc) is 2.89. The number of allylic oxidation sites excluding steroid dienone is 1. The molecule has 1 atom stereocenters. The van der Waals surface area contributed by atoms with Crippen LogP contribution in [0.15, 0.2) is 47.0 Å². The van der Waals surface area contributed by atoms with Gasteiger partial charge in [0, 0.05) is 25.4 Å². The number of rotatable bonds is 5. The van der Waals surface area contributed by atoms with Gasteiger partial charge in [0.25, 0.3) is 0 Å². The van der Waals surface area contributed by atoms with Gasteiger partial charge in [-0.1, -0.05) is 18.2 Å². The Bertz CT molecular complexity index is 950. The van der Waals surface area contributed by atoms with Gasteiger partial charge < -0.3 is 29.6 Å². The first-order valence-corrected chi connectivity index (χ1v) is 8.83. The molecule has 2 heterocycles. The van der Waals surface area contributed by atoms with Gasteiger partial charge >= 0.3 is 11.9 Å². The number of fused-ring (bicyclic) bond motifs is 2. The van der Waals surface area contributed by atoms with Crippen LogP contribution in [0.5, 0.6) is 5.75 Å². The van der Waals surface area contributed by atoms with E-state index in [0.29, 0.717) is 11.3 Å². The van der Waals surface area contributed by atoms with Crippen molar-refractivity contribution in [2.24, 2.45) is 5.73 Å². The van der Waals surface area contributed by atoms with Crippen molar-refractivity contribution in [1.29, 1.82) is 0 Å². The number of hydrogen-bond donors (Lipinski definition) is 1. The number of methoxy groups -OCH3 is 2. The zero-order chi connectivity index (χ0) is 21.3. The Morgan fingerprint density at radius 1 is 1.14 bits per heavy atom. The van der Waals surface area contributed by atoms with Crippen LogP contribution in [0.4, 0.5) is 0 Å². The smallest absolute Gasteiger partial charge is 0.340 e. The van der Waals surface area contributed by atoms with Gasteiger partial charge in [-0.2, -0.15) is 0 Å². The van der Waals surface area contributed by atoms with Crippen LogP contribution in [0.25, 0.3) is 0 Å². The summed E-state index contributed by atoms with van der Waals surface area (Å²) < 4.78 is 20.7. The fourth-order valence-electron chi connectivity index (χ4n) is 3.73. The minimum Gasteiger partial charge on any atom is -0.465 e. The molecule has 9 heteroatoms. The molecule has 29 heavy (non-hydrogen) atoms. The maximum Gasteiger partial charge on any atom is 0.340 e. The summed E-state index contributed by atoms with van der Waals surface area (Å²) in [6.45, 7) is 1.75. The highest BCUT2D eigenvalue weighted by Gasteiger charge is 2.63. The van der Waals surface area contributed by atoms with Crippen molar-refractivity contribution in [3.05, 3.63) is 52.6 Å². The fraction of sp³-hybridized carbons (Fsp3) is 0.350. The molecular formula is C20H22N2O7. The van der Waals surface area contributed by atoms with E-state index in [4.69, 9.17) is 24.7 Å². The summed E-state index contributed by atoms with van der Waals surface area (Å²) in [5.74, 6) is -2.22. The molecule has 0 aromatic heterocycles. The minimum absolute atomic E-state index is 0.0137. The molecule has 1 aromatic rings. The lowest BCUT2D eigenvalue weighted by Gasteiger charge is -2.36. The second-order valence-corrected chi connectivity index (χ2v) is 6.53. The highest BCUT2D eigenvalue weighted by Crippen LogP contribution is 2.53. The summed E-state index contributed by atoms with van der Waals surface area (Å²) in [5.41, 5.74) is 4.59. The van der Waals surface area contributed by atoms with Crippen LogP contribution in [0.1, 0.15) is 12.5 Å². The first-order valence-electron chi connectivity index (χ1n) is 8.83. The van der Waals surface area contributed by atoms with Gasteiger partial charge in [-0.05, 0) is 13.0 Å². The lowest BCUT2D eigenvalue weighted by atomic mass is 9.67. The topological polar surface area (TPSA) is 117 Å². The third-order valence-electron chi connectivity index (χ3n) is 5.11. The summed E-state index contributed by atoms with van der Waals surface area (Å²) >= 11 is 0. The van der Waals surface area contributed by atoms with Gasteiger partial charge in [0.15, 0.2) is 0 Å². The molecule has 1 aromatic carbocycles. The number of likely N-dealkylation sites (N-methyl/N-ethyl adjacent to an activating group) is 1. The Hall–Kier alpha value is -3.33. The van der Waals surface area contributed by atoms with Crippen molar-refractivity contribution in [3.8, 4) is 5.75 Å². The number of carbonyl (C=O) groups excluding carboxylic acids is 3. The van der Waals surface area contributed by atoms with Crippen LogP contribution in [0.3, 0.4) is 0 Å². The molecule has 2 N–H and O–H groups in total. The number of esters is 2. The molecule has 1 unspecified atom stereocenters. The van der Waals surface area contributed by atoms with Crippen LogP contribution in [0.2, 0.25) is 0 Å². The molecule has 154 valence electrons. The number of nitrogens with two attached hydrogens (primary N) is 1. The first kappa shape index (κ1) is 20.4. The Balaban J connectivity index is 2.32. The van der Waals surface area contributed by atoms with Crippen molar-refractivity contribution in [3.63, 3.8) is 0 Å². The van der Waals surface area contributed by atoms with E-state index >= 15 is 0 Å². The number of para-hydroxylation sites is 1. The first-order chi connectivity index (χ1) is 13.8. The van der Waals surface area contributed by atoms with Crippen LogP contribution in [-0.4, -0.2) is 57.2 Å². The largest absolute Gasteiger partial charge is 0.465 e. The summed E-state index contributed by atoms with van der Waals surface area (Å²) in [6.07, 6.45) is 0. The molecule has 0 bridgehead atoms. The number of hydrogen-bond acceptors (Lipinski definition) is 8. The van der Waals surface area contributed by atoms with Crippen molar-refractivity contribution in [1.82, 2.24) is 4.90 Å². The Morgan fingerprint density at radius 2 is 1.83 bits per heavy atom. The highest BCUT2D eigenvalue weighted by atomic mass is 16.6. The van der Waals surface area contributed by atoms with Crippen LogP contribution < -0.4 is 10.5 Å². The quantitative estimate of drug-likeness (QED) is 0.562. The van der Waals surface area contributed by atoms with Crippen LogP contribution >= 0.6 is 0 Å². The summed E-state index contributed by atoms with van der Waals surface area (Å²) in [5, 5.41) is 0. The Labute approximate surface area is 167 Å². The van der Waals surface area contributed by atoms with Crippen molar-refractivity contribution >= 4 is 17.8 Å². The fourth-order valence-corrected chi connectivity index (χ4v) is 3.73. The van der Waals surface area contributed by atoms with Crippen molar-refractivity contribution in [2.45, 2.75) is 12.3 Å². The molecule has 1 amide bonds. The second-order valence-electron chi connectivity index (χ2n) is 6.53. The van der Waals surface area contributed by atoms with Crippen LogP contribution in [-0.2, 0) is 34.0 Å². The standard InChI is InChI=1S/C20H22N2O7/c1-11-14(18(24)28-10-9-26-3)20(19(25)22(11)2)12-7-5-6-8-13(12)29-16(21)15(20)17(23)27-4/h5-8H,9-10,21H2,1-4H3. The van der Waals surface area contributed by atoms with E-state index in [9.17, 15) is 14.4 Å². The summed E-state index contributed by atoms with van der Waals surface area (Å²) in [7, 11) is 4.14. The molecule has 2 aliphatic heterocycles. The van der Waals surface area contributed by atoms with E-state index in [0.717, 1.165) is 7.11 Å². The van der Waals surface area contributed by atoms with Gasteiger partial charge in [0.05, 0.1) is 19.3 Å². The third kappa shape index (κ3) is 2.85. The number of amides is 1. The van der Waals surface area contributed by atoms with Gasteiger partial charge in [-0.25, -0.2) is 9.59 Å². The molecule has 0 aliphatic carbocycles. The molecule has 1 spiro atoms. The molecule has 0 radical (unpaired) electrons. The molecule has 3 rings (SSSR count). The lowest BCUT2D eigenvalue weighted by Crippen LogP contribution is -2.49. The normalized spacial score (nSPS) is 20.7. The molecule has 0 saturated heterocycles. The predicted octanol–water partition coefficient (Wildman–Crippen LogP) is 0.596. The van der Waals surface area contributed by atoms with Crippen LogP contribution in [0, 0.1) is 0 Å². The second kappa shape index (κ2) is 7.59. The van der Waals surface area contributed by atoms with E-state index in [2.05, 4.69) is 0 Å². The zero-order valence-electron chi connectivity index (χ0n) is 16.6. The van der Waals surface area contributed by atoms with Crippen molar-refractivity contribution in [2.75, 3.05) is 34.5 Å². The molecule has 9 nitrogen and oxygen atoms in total. The van der Waals surface area contributed by atoms with E-state index < -0.39 is 23.3 Å². The minimum atomic E-state index is -1.84. The number of benzene rings is 1. The molecule has 0 fully saturated rings. The van der Waals surface area contributed by atoms with Crippen molar-refractivity contribution < 1.29 is 33.3 Å². The number of carbonyl (C=O) groups is 3. The lowest BCUT2D eigenvalue weighted by molar-refractivity contribution is -0.143. The van der Waals surface area contributed by atoms with Gasteiger partial charge in [-0.3, -0.25) is 4.79 Å². The predicted molar refractivity (Wildman–Crippen MR) is 100 cm³/mol. The Morgan fingerprint density at radius 3 is 2.48 bits per heavy atom. The Kier molecular flexibility index (Phi) is 5.34. The van der Waals surface area contributed by atoms with E-state index in [1.165, 1.54) is 19.1 Å². The number of nitrogens with zero attached hydrogens (tertiary/aromatic N) is 1. The zero-order valence-corrected chi connectivity index (χ0v) is 16.6. The molecule has 2 aliphatic rings. The maximum absolute atomic E-state index is 13.6. The average molecular weight is 402 g/mol. The summed E-state index contributed by atoms with van der Waals surface area (Å²) in [4.78, 5) is 40.7. The monoisotopic (exact) mass is 402 g/mol. The van der Waals surface area contributed by atoms with E-state index in [1.54, 1.807) is 31.2 Å². The highest BCUT2D eigenvalue weighted by molar-refractivity contribution is 6.17. The maximum atomic E-state index is 13.6. The molecule has 0 saturated carbocycles. The van der Waals surface area contributed by atoms with Gasteiger partial charge in [-0.15, -0.1) is 0 Å². The third-order valence-corrected chi connectivity index (χ3v) is 5.11. The summed E-state index contributed by atoms with van der Waals surface area (Å²) in [6, 6.07) is 6.58. The number of ether oxygens (including phenoxy) is 4. The van der Waals surface area contributed by atoms with E-state index in [1.807, 2.05) is 0 Å². The van der Waals surface area contributed by atoms with E-state index in [-0.39, 0.29) is 36.0 Å². The van der Waals surface area contributed by atoms with Gasteiger partial charge in [0.1, 0.15) is 23.3 Å². The van der Waals surface area contributed by atoms with Gasteiger partial charge in [0.2, 0.25) is 11.8 Å². The molecular weight excluding hydrogens is 380 g/mol.